The van der Waals surface area contributed by atoms with Crippen LogP contribution in [0.5, 0.6) is 5.75 Å². The number of hydrogen-bond acceptors (Lipinski definition) is 4. The first-order valence-electron chi connectivity index (χ1n) is 5.07. The van der Waals surface area contributed by atoms with Crippen LogP contribution in [-0.4, -0.2) is 27.6 Å². The van der Waals surface area contributed by atoms with Gasteiger partial charge in [-0.05, 0) is 26.0 Å². The Labute approximate surface area is 103 Å². The molecular weight excluding hydrogens is 241 g/mol. The molecule has 0 radical (unpaired) electrons. The van der Waals surface area contributed by atoms with Crippen molar-refractivity contribution in [2.45, 2.75) is 19.4 Å². The van der Waals surface area contributed by atoms with Crippen molar-refractivity contribution >= 4 is 11.7 Å². The Bertz CT molecular complexity index is 480. The number of nitrogens with one attached hydrogen (secondary N) is 1. The number of hydrogen-bond donors (Lipinski definition) is 4. The van der Waals surface area contributed by atoms with E-state index in [4.69, 9.17) is 10.9 Å². The molecule has 1 aromatic rings. The number of nitrogens with zero attached hydrogens (tertiary/aromatic N) is 1. The van der Waals surface area contributed by atoms with Gasteiger partial charge in [-0.3, -0.25) is 4.79 Å². The molecule has 1 amide bonds. The predicted octanol–water partition coefficient (Wildman–Crippen LogP) is 0.786. The summed E-state index contributed by atoms with van der Waals surface area (Å²) < 4.78 is 13.4. The van der Waals surface area contributed by atoms with Crippen LogP contribution in [0, 0.1) is 5.82 Å². The smallest absolute Gasteiger partial charge is 0.258 e. The molecule has 0 bridgehead atoms. The maximum absolute atomic E-state index is 13.4. The highest BCUT2D eigenvalue weighted by molar-refractivity contribution is 6.01. The molecule has 98 valence electrons. The van der Waals surface area contributed by atoms with Gasteiger partial charge in [-0.1, -0.05) is 11.2 Å². The first-order chi connectivity index (χ1) is 8.29. The summed E-state index contributed by atoms with van der Waals surface area (Å²) in [4.78, 5) is 11.8. The van der Waals surface area contributed by atoms with E-state index in [-0.39, 0.29) is 5.84 Å². The van der Waals surface area contributed by atoms with Gasteiger partial charge < -0.3 is 21.4 Å². The van der Waals surface area contributed by atoms with E-state index in [0.29, 0.717) is 0 Å². The maximum Gasteiger partial charge on any atom is 0.258 e. The minimum atomic E-state index is -1.18. The summed E-state index contributed by atoms with van der Waals surface area (Å²) in [7, 11) is 0. The van der Waals surface area contributed by atoms with Gasteiger partial charge in [-0.2, -0.15) is 0 Å². The maximum atomic E-state index is 13.4. The van der Waals surface area contributed by atoms with Crippen molar-refractivity contribution in [3.63, 3.8) is 0 Å². The summed E-state index contributed by atoms with van der Waals surface area (Å²) in [5.41, 5.74) is 3.71. The van der Waals surface area contributed by atoms with E-state index in [2.05, 4.69) is 10.5 Å². The van der Waals surface area contributed by atoms with Gasteiger partial charge in [-0.15, -0.1) is 0 Å². The second kappa shape index (κ2) is 4.91. The van der Waals surface area contributed by atoms with Crippen LogP contribution in [0.4, 0.5) is 4.39 Å². The summed E-state index contributed by atoms with van der Waals surface area (Å²) >= 11 is 0. The average Bonchev–Trinajstić information content (AvgIpc) is 2.26. The van der Waals surface area contributed by atoms with E-state index >= 15 is 0 Å². The number of amides is 1. The minimum absolute atomic E-state index is 0.244. The lowest BCUT2D eigenvalue weighted by Crippen LogP contribution is -2.53. The van der Waals surface area contributed by atoms with Crippen LogP contribution < -0.4 is 11.1 Å². The van der Waals surface area contributed by atoms with E-state index in [9.17, 15) is 14.3 Å². The highest BCUT2D eigenvalue weighted by Gasteiger charge is 2.28. The first kappa shape index (κ1) is 13.8. The van der Waals surface area contributed by atoms with Crippen molar-refractivity contribution in [2.24, 2.45) is 10.9 Å². The zero-order valence-corrected chi connectivity index (χ0v) is 9.94. The molecule has 0 saturated heterocycles. The molecule has 18 heavy (non-hydrogen) atoms. The average molecular weight is 255 g/mol. The monoisotopic (exact) mass is 255 g/mol. The van der Waals surface area contributed by atoms with Gasteiger partial charge in [0.2, 0.25) is 0 Å². The highest BCUT2D eigenvalue weighted by atomic mass is 19.1. The summed E-state index contributed by atoms with van der Waals surface area (Å²) in [6.07, 6.45) is 0. The van der Waals surface area contributed by atoms with E-state index < -0.39 is 28.6 Å². The largest absolute Gasteiger partial charge is 0.507 e. The van der Waals surface area contributed by atoms with E-state index in [0.717, 1.165) is 6.07 Å². The lowest BCUT2D eigenvalue weighted by Gasteiger charge is -2.24. The summed E-state index contributed by atoms with van der Waals surface area (Å²) in [5.74, 6) is -2.44. The number of nitrogens with two attached hydrogens (primary N) is 1. The van der Waals surface area contributed by atoms with E-state index in [1.54, 1.807) is 0 Å². The SMILES string of the molecule is CC(C)(NC(=O)c1c(O)cccc1F)/C(N)=N/O. The standard InChI is InChI=1S/C11H14FN3O3/c1-11(2,10(13)15-18)14-9(17)8-6(12)4-3-5-7(8)16/h3-5,16,18H,1-2H3,(H2,13,15)(H,14,17). The molecule has 0 spiro atoms. The van der Waals surface area contributed by atoms with Gasteiger partial charge in [0.1, 0.15) is 17.1 Å². The van der Waals surface area contributed by atoms with Gasteiger partial charge in [0.25, 0.3) is 5.91 Å². The van der Waals surface area contributed by atoms with Gasteiger partial charge >= 0.3 is 0 Å². The molecule has 0 atom stereocenters. The third-order valence-electron chi connectivity index (χ3n) is 2.39. The molecular formula is C11H14FN3O3. The molecule has 0 aromatic heterocycles. The van der Waals surface area contributed by atoms with Crippen molar-refractivity contribution in [1.29, 1.82) is 0 Å². The van der Waals surface area contributed by atoms with Crippen LogP contribution in [-0.2, 0) is 0 Å². The number of benzene rings is 1. The predicted molar refractivity (Wildman–Crippen MR) is 63.0 cm³/mol. The minimum Gasteiger partial charge on any atom is -0.507 e. The third kappa shape index (κ3) is 2.68. The Kier molecular flexibility index (Phi) is 3.75. The topological polar surface area (TPSA) is 108 Å². The Hall–Kier alpha value is -2.31. The quantitative estimate of drug-likeness (QED) is 0.277. The fourth-order valence-electron chi connectivity index (χ4n) is 1.27. The molecule has 0 heterocycles. The summed E-state index contributed by atoms with van der Waals surface area (Å²) in [5, 5.41) is 23.1. The number of carbonyl (C=O) groups is 1. The zero-order chi connectivity index (χ0) is 13.9. The van der Waals surface area contributed by atoms with E-state index in [1.807, 2.05) is 0 Å². The lowest BCUT2D eigenvalue weighted by molar-refractivity contribution is 0.0924. The number of oxime groups is 1. The molecule has 0 fully saturated rings. The Morgan fingerprint density at radius 1 is 1.50 bits per heavy atom. The Morgan fingerprint density at radius 3 is 2.61 bits per heavy atom. The first-order valence-corrected chi connectivity index (χ1v) is 5.07. The molecule has 0 aliphatic rings. The normalized spacial score (nSPS) is 12.3. The fourth-order valence-corrected chi connectivity index (χ4v) is 1.27. The van der Waals surface area contributed by atoms with Crippen LogP contribution in [0.2, 0.25) is 0 Å². The number of phenolic OH excluding ortho intramolecular Hbond substituents is 1. The van der Waals surface area contributed by atoms with Crippen LogP contribution >= 0.6 is 0 Å². The van der Waals surface area contributed by atoms with E-state index in [1.165, 1.54) is 26.0 Å². The number of phenols is 1. The molecule has 6 nitrogen and oxygen atoms in total. The molecule has 5 N–H and O–H groups in total. The van der Waals surface area contributed by atoms with Crippen LogP contribution in [0.1, 0.15) is 24.2 Å². The van der Waals surface area contributed by atoms with Crippen molar-refractivity contribution < 1.29 is 19.5 Å². The zero-order valence-electron chi connectivity index (χ0n) is 9.94. The number of rotatable bonds is 3. The second-order valence-electron chi connectivity index (χ2n) is 4.20. The molecule has 0 saturated carbocycles. The Balaban J connectivity index is 3.04. The van der Waals surface area contributed by atoms with Crippen LogP contribution in [0.25, 0.3) is 0 Å². The van der Waals surface area contributed by atoms with Crippen molar-refractivity contribution in [1.82, 2.24) is 5.32 Å². The highest BCUT2D eigenvalue weighted by Crippen LogP contribution is 2.20. The second-order valence-corrected chi connectivity index (χ2v) is 4.20. The Morgan fingerprint density at radius 2 is 2.11 bits per heavy atom. The fraction of sp³-hybridized carbons (Fsp3) is 0.273. The summed E-state index contributed by atoms with van der Waals surface area (Å²) in [6.45, 7) is 2.94. The van der Waals surface area contributed by atoms with Crippen LogP contribution in [0.15, 0.2) is 23.4 Å². The van der Waals surface area contributed by atoms with Crippen molar-refractivity contribution in [2.75, 3.05) is 0 Å². The number of aromatic hydroxyl groups is 1. The van der Waals surface area contributed by atoms with Gasteiger partial charge in [0.15, 0.2) is 5.84 Å². The number of amidine groups is 1. The molecule has 1 rings (SSSR count). The molecule has 0 aliphatic carbocycles. The number of carbonyl (C=O) groups excluding carboxylic acids is 1. The molecule has 0 aliphatic heterocycles. The van der Waals surface area contributed by atoms with Crippen molar-refractivity contribution in [3.05, 3.63) is 29.6 Å². The molecule has 0 unspecified atom stereocenters. The number of halogens is 1. The third-order valence-corrected chi connectivity index (χ3v) is 2.39. The van der Waals surface area contributed by atoms with Crippen LogP contribution in [0.3, 0.4) is 0 Å². The van der Waals surface area contributed by atoms with Gasteiger partial charge in [0, 0.05) is 0 Å². The molecule has 7 heteroatoms. The molecule has 1 aromatic carbocycles. The van der Waals surface area contributed by atoms with Crippen molar-refractivity contribution in [3.8, 4) is 5.75 Å². The van der Waals surface area contributed by atoms with Gasteiger partial charge in [0.05, 0.1) is 5.54 Å². The van der Waals surface area contributed by atoms with Gasteiger partial charge in [-0.25, -0.2) is 4.39 Å². The lowest BCUT2D eigenvalue weighted by atomic mass is 10.0. The summed E-state index contributed by atoms with van der Waals surface area (Å²) in [6, 6.07) is 3.51.